The van der Waals surface area contributed by atoms with Crippen LogP contribution >= 0.6 is 0 Å². The molecule has 32 heavy (non-hydrogen) atoms. The van der Waals surface area contributed by atoms with Crippen molar-refractivity contribution in [1.82, 2.24) is 5.32 Å². The van der Waals surface area contributed by atoms with E-state index in [2.05, 4.69) is 5.32 Å². The number of rotatable bonds is 6. The monoisotopic (exact) mass is 445 g/mol. The van der Waals surface area contributed by atoms with Crippen molar-refractivity contribution in [2.75, 3.05) is 6.61 Å². The van der Waals surface area contributed by atoms with Crippen LogP contribution in [0, 0.1) is 26.6 Å². The van der Waals surface area contributed by atoms with Crippen molar-refractivity contribution in [2.24, 2.45) is 0 Å². The Bertz CT molecular complexity index is 987. The van der Waals surface area contributed by atoms with Crippen molar-refractivity contribution in [2.45, 2.75) is 66.5 Å². The van der Waals surface area contributed by atoms with Gasteiger partial charge < -0.3 is 19.9 Å². The molecule has 7 heteroatoms. The summed E-state index contributed by atoms with van der Waals surface area (Å²) in [6.45, 7) is 12.3. The summed E-state index contributed by atoms with van der Waals surface area (Å²) in [6.07, 6.45) is -1.05. The third-order valence-corrected chi connectivity index (χ3v) is 4.77. The van der Waals surface area contributed by atoms with Crippen LogP contribution in [0.3, 0.4) is 0 Å². The van der Waals surface area contributed by atoms with Gasteiger partial charge in [0.05, 0.1) is 19.1 Å². The zero-order valence-electron chi connectivity index (χ0n) is 19.8. The van der Waals surface area contributed by atoms with Crippen molar-refractivity contribution >= 4 is 12.1 Å². The van der Waals surface area contributed by atoms with Crippen LogP contribution in [0.15, 0.2) is 24.3 Å². The van der Waals surface area contributed by atoms with E-state index in [0.29, 0.717) is 16.7 Å². The van der Waals surface area contributed by atoms with Gasteiger partial charge >= 0.3 is 12.1 Å². The molecule has 2 rings (SSSR count). The van der Waals surface area contributed by atoms with Crippen LogP contribution in [0.4, 0.5) is 9.18 Å². The molecule has 0 aliphatic rings. The lowest BCUT2D eigenvalue weighted by atomic mass is 9.91. The number of aryl methyl sites for hydroxylation is 3. The molecule has 0 aliphatic carbocycles. The summed E-state index contributed by atoms with van der Waals surface area (Å²) >= 11 is 0. The van der Waals surface area contributed by atoms with Gasteiger partial charge in [0, 0.05) is 11.1 Å². The third kappa shape index (κ3) is 6.45. The summed E-state index contributed by atoms with van der Waals surface area (Å²) in [5, 5.41) is 13.1. The number of carbonyl (C=O) groups is 2. The molecule has 6 nitrogen and oxygen atoms in total. The van der Waals surface area contributed by atoms with Crippen molar-refractivity contribution in [3.8, 4) is 16.9 Å². The van der Waals surface area contributed by atoms with Gasteiger partial charge in [-0.1, -0.05) is 6.07 Å². The minimum atomic E-state index is -1.02. The maximum Gasteiger partial charge on any atom is 0.408 e. The van der Waals surface area contributed by atoms with Gasteiger partial charge in [-0.2, -0.15) is 0 Å². The normalized spacial score (nSPS) is 12.2. The fraction of sp³-hybridized carbons (Fsp3) is 0.440. The highest BCUT2D eigenvalue weighted by atomic mass is 19.1. The summed E-state index contributed by atoms with van der Waals surface area (Å²) < 4.78 is 25.6. The number of alkyl carbamates (subject to hydrolysis) is 1. The second kappa shape index (κ2) is 10.0. The number of aromatic hydroxyl groups is 1. The summed E-state index contributed by atoms with van der Waals surface area (Å²) in [5.41, 5.74) is 2.52. The first kappa shape index (κ1) is 25.2. The van der Waals surface area contributed by atoms with Crippen LogP contribution < -0.4 is 5.32 Å². The minimum Gasteiger partial charge on any atom is -0.507 e. The first-order valence-corrected chi connectivity index (χ1v) is 10.6. The van der Waals surface area contributed by atoms with Gasteiger partial charge in [-0.05, 0) is 88.9 Å². The second-order valence-corrected chi connectivity index (χ2v) is 8.88. The van der Waals surface area contributed by atoms with E-state index in [1.807, 2.05) is 19.9 Å². The Kier molecular flexibility index (Phi) is 7.88. The van der Waals surface area contributed by atoms with E-state index >= 15 is 4.39 Å². The molecule has 0 spiro atoms. The molecule has 0 fully saturated rings. The molecular formula is C25H32FNO5. The van der Waals surface area contributed by atoms with Gasteiger partial charge in [0.1, 0.15) is 17.2 Å². The second-order valence-electron chi connectivity index (χ2n) is 8.88. The Hall–Kier alpha value is -3.09. The van der Waals surface area contributed by atoms with E-state index in [9.17, 15) is 14.7 Å². The number of phenols is 1. The Labute approximate surface area is 188 Å². The average Bonchev–Trinajstić information content (AvgIpc) is 2.61. The zero-order valence-corrected chi connectivity index (χ0v) is 19.8. The van der Waals surface area contributed by atoms with Gasteiger partial charge in [0.2, 0.25) is 0 Å². The lowest BCUT2D eigenvalue weighted by Gasteiger charge is -2.25. The molecule has 0 aromatic heterocycles. The van der Waals surface area contributed by atoms with E-state index in [1.165, 1.54) is 0 Å². The van der Waals surface area contributed by atoms with Gasteiger partial charge in [0.15, 0.2) is 0 Å². The van der Waals surface area contributed by atoms with Gasteiger partial charge in [0.25, 0.3) is 0 Å². The van der Waals surface area contributed by atoms with Crippen molar-refractivity contribution in [1.29, 1.82) is 0 Å². The smallest absolute Gasteiger partial charge is 0.408 e. The number of phenolic OH excluding ortho intramolecular Hbond substituents is 1. The maximum absolute atomic E-state index is 15.2. The largest absolute Gasteiger partial charge is 0.507 e. The van der Waals surface area contributed by atoms with Crippen LogP contribution in [-0.4, -0.2) is 29.4 Å². The van der Waals surface area contributed by atoms with E-state index in [4.69, 9.17) is 9.47 Å². The molecule has 0 saturated heterocycles. The summed E-state index contributed by atoms with van der Waals surface area (Å²) in [4.78, 5) is 24.6. The number of hydrogen-bond acceptors (Lipinski definition) is 5. The predicted octanol–water partition coefficient (Wildman–Crippen LogP) is 5.64. The summed E-state index contributed by atoms with van der Waals surface area (Å²) in [7, 11) is 0. The Balaban J connectivity index is 2.57. The molecule has 0 aliphatic heterocycles. The molecule has 174 valence electrons. The number of carbonyl (C=O) groups excluding carboxylic acids is 2. The van der Waals surface area contributed by atoms with Crippen LogP contribution in [0.5, 0.6) is 5.75 Å². The summed E-state index contributed by atoms with van der Waals surface area (Å²) in [5.74, 6) is -1.06. The number of nitrogens with one attached hydrogen (secondary N) is 1. The van der Waals surface area contributed by atoms with Crippen LogP contribution in [0.1, 0.15) is 62.4 Å². The number of benzene rings is 2. The van der Waals surface area contributed by atoms with E-state index in [0.717, 1.165) is 11.1 Å². The van der Waals surface area contributed by atoms with E-state index in [1.54, 1.807) is 52.8 Å². The SMILES string of the molecule is CCOC(=O)C[C@H](NC(=O)OC(C)(C)C)c1cc(-c2c(C)cc(C)cc2O)cc(C)c1F. The van der Waals surface area contributed by atoms with Crippen molar-refractivity contribution in [3.05, 3.63) is 52.3 Å². The number of hydrogen-bond donors (Lipinski definition) is 2. The molecule has 0 saturated carbocycles. The Morgan fingerprint density at radius 3 is 2.31 bits per heavy atom. The lowest BCUT2D eigenvalue weighted by molar-refractivity contribution is -0.143. The molecule has 1 atom stereocenters. The van der Waals surface area contributed by atoms with Gasteiger partial charge in [-0.15, -0.1) is 0 Å². The standard InChI is InChI=1S/C25H32FNO5/c1-8-31-21(29)13-19(27-24(30)32-25(5,6)7)18-12-17(11-16(4)23(18)26)22-15(3)9-14(2)10-20(22)28/h9-12,19,28H,8,13H2,1-7H3,(H,27,30)/t19-/m0/s1. The Morgan fingerprint density at radius 2 is 1.75 bits per heavy atom. The molecule has 0 heterocycles. The summed E-state index contributed by atoms with van der Waals surface area (Å²) in [6, 6.07) is 5.71. The zero-order chi connectivity index (χ0) is 24.2. The third-order valence-electron chi connectivity index (χ3n) is 4.77. The van der Waals surface area contributed by atoms with Crippen LogP contribution in [0.2, 0.25) is 0 Å². The molecule has 2 aromatic rings. The molecule has 0 unspecified atom stereocenters. The lowest BCUT2D eigenvalue weighted by Crippen LogP contribution is -2.36. The first-order valence-electron chi connectivity index (χ1n) is 10.6. The fourth-order valence-corrected chi connectivity index (χ4v) is 3.59. The Morgan fingerprint density at radius 1 is 1.09 bits per heavy atom. The first-order chi connectivity index (χ1) is 14.8. The van der Waals surface area contributed by atoms with Gasteiger partial charge in [-0.3, -0.25) is 4.79 Å². The molecular weight excluding hydrogens is 413 g/mol. The van der Waals surface area contributed by atoms with E-state index in [-0.39, 0.29) is 24.3 Å². The minimum absolute atomic E-state index is 0.0708. The maximum atomic E-state index is 15.2. The molecule has 0 radical (unpaired) electrons. The number of ether oxygens (including phenoxy) is 2. The van der Waals surface area contributed by atoms with E-state index < -0.39 is 29.5 Å². The number of amides is 1. The molecule has 2 aromatic carbocycles. The highest BCUT2D eigenvalue weighted by molar-refractivity contribution is 5.77. The van der Waals surface area contributed by atoms with Crippen molar-refractivity contribution < 1.29 is 28.6 Å². The fourth-order valence-electron chi connectivity index (χ4n) is 3.59. The highest BCUT2D eigenvalue weighted by Gasteiger charge is 2.27. The van der Waals surface area contributed by atoms with Crippen LogP contribution in [-0.2, 0) is 14.3 Å². The topological polar surface area (TPSA) is 84.9 Å². The van der Waals surface area contributed by atoms with Gasteiger partial charge in [-0.25, -0.2) is 9.18 Å². The molecule has 0 bridgehead atoms. The van der Waals surface area contributed by atoms with Crippen molar-refractivity contribution in [3.63, 3.8) is 0 Å². The van der Waals surface area contributed by atoms with Crippen LogP contribution in [0.25, 0.3) is 11.1 Å². The molecule has 1 amide bonds. The highest BCUT2D eigenvalue weighted by Crippen LogP contribution is 2.37. The molecule has 2 N–H and O–H groups in total. The average molecular weight is 446 g/mol. The predicted molar refractivity (Wildman–Crippen MR) is 121 cm³/mol. The number of esters is 1. The quantitative estimate of drug-likeness (QED) is 0.562. The number of halogens is 1.